The lowest BCUT2D eigenvalue weighted by Gasteiger charge is -2.22. The third-order valence-corrected chi connectivity index (χ3v) is 5.23. The van der Waals surface area contributed by atoms with Crippen molar-refractivity contribution in [2.45, 2.75) is 18.8 Å². The Kier molecular flexibility index (Phi) is 4.70. The van der Waals surface area contributed by atoms with Crippen LogP contribution < -0.4 is 10.6 Å². The molecule has 1 saturated carbocycles. The van der Waals surface area contributed by atoms with Crippen molar-refractivity contribution in [3.8, 4) is 5.75 Å². The Hall–Kier alpha value is -2.48. The molecule has 1 aromatic rings. The van der Waals surface area contributed by atoms with Gasteiger partial charge >= 0.3 is 0 Å². The topological polar surface area (TPSA) is 87.7 Å². The zero-order valence-electron chi connectivity index (χ0n) is 14.1. The number of carbonyl (C=O) groups is 2. The summed E-state index contributed by atoms with van der Waals surface area (Å²) >= 11 is 0. The lowest BCUT2D eigenvalue weighted by atomic mass is 9.93. The first-order chi connectivity index (χ1) is 12.3. The molecule has 1 aliphatic heterocycles. The third-order valence-electron chi connectivity index (χ3n) is 5.23. The van der Waals surface area contributed by atoms with Crippen molar-refractivity contribution in [3.63, 3.8) is 0 Å². The number of hydrogen-bond acceptors (Lipinski definition) is 4. The van der Waals surface area contributed by atoms with Crippen molar-refractivity contribution in [2.24, 2.45) is 11.3 Å². The van der Waals surface area contributed by atoms with Crippen molar-refractivity contribution >= 4 is 17.5 Å². The molecule has 1 heterocycles. The van der Waals surface area contributed by atoms with Crippen LogP contribution in [0.2, 0.25) is 0 Å². The van der Waals surface area contributed by atoms with Crippen molar-refractivity contribution in [1.82, 2.24) is 5.32 Å². The van der Waals surface area contributed by atoms with Crippen LogP contribution >= 0.6 is 0 Å². The van der Waals surface area contributed by atoms with Crippen LogP contribution in [0.4, 0.5) is 14.5 Å². The van der Waals surface area contributed by atoms with Gasteiger partial charge in [0.25, 0.3) is 11.8 Å². The highest BCUT2D eigenvalue weighted by Crippen LogP contribution is 2.70. The maximum Gasteiger partial charge on any atom is 0.259 e. The van der Waals surface area contributed by atoms with Gasteiger partial charge in [0.2, 0.25) is 5.91 Å². The van der Waals surface area contributed by atoms with E-state index in [1.165, 1.54) is 18.2 Å². The zero-order chi connectivity index (χ0) is 18.9. The Balaban J connectivity index is 1.66. The monoisotopic (exact) mass is 366 g/mol. The summed E-state index contributed by atoms with van der Waals surface area (Å²) in [6.07, 6.45) is 1.61. The lowest BCUT2D eigenvalue weighted by Crippen LogP contribution is -2.28. The van der Waals surface area contributed by atoms with Gasteiger partial charge in [-0.3, -0.25) is 9.59 Å². The second kappa shape index (κ2) is 6.68. The molecular weight excluding hydrogens is 346 g/mol. The molecule has 1 saturated heterocycles. The van der Waals surface area contributed by atoms with Gasteiger partial charge in [-0.05, 0) is 37.1 Å². The second-order valence-corrected chi connectivity index (χ2v) is 6.58. The van der Waals surface area contributed by atoms with Crippen molar-refractivity contribution < 1.29 is 28.2 Å². The van der Waals surface area contributed by atoms with Gasteiger partial charge in [0, 0.05) is 30.9 Å². The van der Waals surface area contributed by atoms with E-state index in [4.69, 9.17) is 4.74 Å². The number of benzene rings is 1. The molecule has 1 atom stereocenters. The molecule has 3 rings (SSSR count). The number of nitrogens with one attached hydrogen (secondary N) is 2. The van der Waals surface area contributed by atoms with Crippen molar-refractivity contribution in [2.75, 3.05) is 25.1 Å². The molecule has 8 heteroatoms. The number of rotatable bonds is 5. The van der Waals surface area contributed by atoms with E-state index in [1.54, 1.807) is 0 Å². The highest BCUT2D eigenvalue weighted by Gasteiger charge is 2.79. The summed E-state index contributed by atoms with van der Waals surface area (Å²) in [7, 11) is 0. The minimum Gasteiger partial charge on any atom is -0.507 e. The van der Waals surface area contributed by atoms with E-state index in [0.717, 1.165) is 6.08 Å². The van der Waals surface area contributed by atoms with Crippen LogP contribution in [0.15, 0.2) is 30.9 Å². The summed E-state index contributed by atoms with van der Waals surface area (Å²) in [4.78, 5) is 23.6. The predicted molar refractivity (Wildman–Crippen MR) is 90.2 cm³/mol. The van der Waals surface area contributed by atoms with E-state index in [2.05, 4.69) is 17.2 Å². The van der Waals surface area contributed by atoms with Gasteiger partial charge in [-0.25, -0.2) is 8.78 Å². The average Bonchev–Trinajstić information content (AvgIpc) is 3.07. The van der Waals surface area contributed by atoms with Gasteiger partial charge in [-0.2, -0.15) is 0 Å². The Morgan fingerprint density at radius 2 is 2.04 bits per heavy atom. The Morgan fingerprint density at radius 3 is 2.69 bits per heavy atom. The Bertz CT molecular complexity index is 745. The summed E-state index contributed by atoms with van der Waals surface area (Å²) in [6, 6.07) is 3.94. The highest BCUT2D eigenvalue weighted by atomic mass is 19.3. The van der Waals surface area contributed by atoms with E-state index in [0.29, 0.717) is 13.2 Å². The number of hydrogen-bond donors (Lipinski definition) is 3. The quantitative estimate of drug-likeness (QED) is 0.551. The fraction of sp³-hybridized carbons (Fsp3) is 0.444. The normalized spacial score (nSPS) is 22.5. The van der Waals surface area contributed by atoms with Crippen LogP contribution in [0, 0.1) is 11.3 Å². The van der Waals surface area contributed by atoms with Gasteiger partial charge in [-0.1, -0.05) is 6.58 Å². The van der Waals surface area contributed by atoms with E-state index in [9.17, 15) is 23.5 Å². The van der Waals surface area contributed by atoms with Crippen LogP contribution in [0.3, 0.4) is 0 Å². The summed E-state index contributed by atoms with van der Waals surface area (Å²) in [6.45, 7) is 3.73. The van der Waals surface area contributed by atoms with Gasteiger partial charge < -0.3 is 20.5 Å². The fourth-order valence-electron chi connectivity index (χ4n) is 3.61. The van der Waals surface area contributed by atoms with E-state index < -0.39 is 29.1 Å². The molecular formula is C18H20F2N2O4. The predicted octanol–water partition coefficient (Wildman–Crippen LogP) is 2.31. The number of anilines is 1. The number of carbonyl (C=O) groups excluding carboxylic acids is 2. The summed E-state index contributed by atoms with van der Waals surface area (Å²) < 4.78 is 33.6. The number of phenols is 1. The molecule has 1 aromatic carbocycles. The van der Waals surface area contributed by atoms with Crippen LogP contribution in [0.5, 0.6) is 5.75 Å². The lowest BCUT2D eigenvalue weighted by molar-refractivity contribution is -0.111. The second-order valence-electron chi connectivity index (χ2n) is 6.58. The minimum absolute atomic E-state index is 0.100. The first-order valence-corrected chi connectivity index (χ1v) is 8.32. The maximum absolute atomic E-state index is 14.2. The standard InChI is InChI=1S/C18H20F2N2O4/c1-2-15(24)22-11-3-4-13(23)12(9-11)16(25)21-10-14-17(18(14,19)20)5-7-26-8-6-17/h2-4,9,14,23H,1,5-8,10H2,(H,21,25)(H,22,24). The Morgan fingerprint density at radius 1 is 1.35 bits per heavy atom. The molecule has 0 bridgehead atoms. The number of alkyl halides is 2. The van der Waals surface area contributed by atoms with Gasteiger partial charge in [0.15, 0.2) is 0 Å². The van der Waals surface area contributed by atoms with Crippen LogP contribution in [0.25, 0.3) is 0 Å². The first kappa shape index (κ1) is 18.3. The molecule has 2 fully saturated rings. The molecule has 0 aromatic heterocycles. The number of aromatic hydroxyl groups is 1. The molecule has 6 nitrogen and oxygen atoms in total. The minimum atomic E-state index is -2.83. The number of phenolic OH excluding ortho intramolecular Hbond substituents is 1. The average molecular weight is 366 g/mol. The molecule has 2 amide bonds. The van der Waals surface area contributed by atoms with Crippen molar-refractivity contribution in [3.05, 3.63) is 36.4 Å². The van der Waals surface area contributed by atoms with Crippen LogP contribution in [-0.4, -0.2) is 42.6 Å². The molecule has 1 aliphatic carbocycles. The SMILES string of the molecule is C=CC(=O)Nc1ccc(O)c(C(=O)NCC2C(F)(F)C23CCOCC3)c1. The first-order valence-electron chi connectivity index (χ1n) is 8.32. The summed E-state index contributed by atoms with van der Waals surface area (Å²) in [5.74, 6) is -5.22. The molecule has 2 aliphatic rings. The number of amides is 2. The molecule has 1 spiro atoms. The van der Waals surface area contributed by atoms with Gasteiger partial charge in [0.05, 0.1) is 11.5 Å². The smallest absolute Gasteiger partial charge is 0.259 e. The van der Waals surface area contributed by atoms with E-state index >= 15 is 0 Å². The van der Waals surface area contributed by atoms with Crippen molar-refractivity contribution in [1.29, 1.82) is 0 Å². The van der Waals surface area contributed by atoms with Crippen LogP contribution in [-0.2, 0) is 9.53 Å². The fourth-order valence-corrected chi connectivity index (χ4v) is 3.61. The van der Waals surface area contributed by atoms with Crippen LogP contribution in [0.1, 0.15) is 23.2 Å². The summed E-state index contributed by atoms with van der Waals surface area (Å²) in [5.41, 5.74) is -0.909. The van der Waals surface area contributed by atoms with Gasteiger partial charge in [-0.15, -0.1) is 0 Å². The highest BCUT2D eigenvalue weighted by molar-refractivity contribution is 6.01. The largest absolute Gasteiger partial charge is 0.507 e. The van der Waals surface area contributed by atoms with E-state index in [1.807, 2.05) is 0 Å². The maximum atomic E-state index is 14.2. The number of ether oxygens (including phenoxy) is 1. The molecule has 0 radical (unpaired) electrons. The Labute approximate surface area is 149 Å². The molecule has 140 valence electrons. The number of halogens is 2. The summed E-state index contributed by atoms with van der Waals surface area (Å²) in [5, 5.41) is 14.8. The molecule has 3 N–H and O–H groups in total. The molecule has 26 heavy (non-hydrogen) atoms. The zero-order valence-corrected chi connectivity index (χ0v) is 14.1. The molecule has 1 unspecified atom stereocenters. The van der Waals surface area contributed by atoms with Gasteiger partial charge in [0.1, 0.15) is 5.75 Å². The van der Waals surface area contributed by atoms with E-state index in [-0.39, 0.29) is 36.4 Å². The third kappa shape index (κ3) is 3.05.